The topological polar surface area (TPSA) is 95.4 Å². The van der Waals surface area contributed by atoms with Crippen LogP contribution in [-0.2, 0) is 6.54 Å². The van der Waals surface area contributed by atoms with E-state index in [1.165, 1.54) is 4.90 Å². The van der Waals surface area contributed by atoms with Crippen LogP contribution in [0.3, 0.4) is 0 Å². The van der Waals surface area contributed by atoms with E-state index in [-0.39, 0.29) is 12.1 Å². The summed E-state index contributed by atoms with van der Waals surface area (Å²) in [5, 5.41) is 9.98. The summed E-state index contributed by atoms with van der Waals surface area (Å²) < 4.78 is 0.966. The third-order valence-corrected chi connectivity index (χ3v) is 4.70. The van der Waals surface area contributed by atoms with Crippen LogP contribution < -0.4 is 11.2 Å². The fraction of sp³-hybridized carbons (Fsp3) is 0.353. The predicted molar refractivity (Wildman–Crippen MR) is 93.0 cm³/mol. The highest BCUT2D eigenvalue weighted by Crippen LogP contribution is 2.15. The Hall–Kier alpha value is -2.38. The summed E-state index contributed by atoms with van der Waals surface area (Å²) in [5.74, 6) is -0.443. The monoisotopic (exact) mass is 363 g/mol. The summed E-state index contributed by atoms with van der Waals surface area (Å²) in [4.78, 5) is 41.3. The quantitative estimate of drug-likeness (QED) is 0.844. The zero-order valence-corrected chi connectivity index (χ0v) is 14.2. The summed E-state index contributed by atoms with van der Waals surface area (Å²) in [6.45, 7) is 0.736. The number of carbonyl (C=O) groups excluding carboxylic acids is 1. The third-order valence-electron chi connectivity index (χ3n) is 4.33. The van der Waals surface area contributed by atoms with Crippen molar-refractivity contribution in [3.05, 3.63) is 67.4 Å². The Morgan fingerprint density at radius 1 is 1.24 bits per heavy atom. The molecule has 2 aromatic rings. The molecule has 2 N–H and O–H groups in total. The van der Waals surface area contributed by atoms with Gasteiger partial charge in [-0.1, -0.05) is 29.8 Å². The zero-order valence-electron chi connectivity index (χ0n) is 13.4. The van der Waals surface area contributed by atoms with E-state index < -0.39 is 23.3 Å². The standard InChI is InChI=1S/C17H18ClN3O4/c18-14-4-2-1-3-11(14)10-21-16(24)13(9-19-17(21)25)15(23)20-7-5-12(22)6-8-20/h1-4,9,12,22H,5-8,10H2,(H,19,25). The van der Waals surface area contributed by atoms with Crippen molar-refractivity contribution in [1.82, 2.24) is 14.5 Å². The summed E-state index contributed by atoms with van der Waals surface area (Å²) in [5.41, 5.74) is -0.735. The van der Waals surface area contributed by atoms with Crippen LogP contribution in [0.5, 0.6) is 0 Å². The lowest BCUT2D eigenvalue weighted by molar-refractivity contribution is 0.0544. The molecular weight excluding hydrogens is 346 g/mol. The number of aliphatic hydroxyl groups excluding tert-OH is 1. The first-order valence-electron chi connectivity index (χ1n) is 8.00. The molecule has 0 bridgehead atoms. The van der Waals surface area contributed by atoms with Gasteiger partial charge in [0, 0.05) is 24.3 Å². The minimum absolute atomic E-state index is 0.0202. The summed E-state index contributed by atoms with van der Waals surface area (Å²) in [7, 11) is 0. The van der Waals surface area contributed by atoms with Gasteiger partial charge in [-0.3, -0.25) is 14.2 Å². The molecule has 0 atom stereocenters. The summed E-state index contributed by atoms with van der Waals surface area (Å²) in [6, 6.07) is 6.90. The van der Waals surface area contributed by atoms with Crippen LogP contribution in [0.2, 0.25) is 5.02 Å². The number of halogens is 1. The lowest BCUT2D eigenvalue weighted by Gasteiger charge is -2.29. The number of nitrogens with one attached hydrogen (secondary N) is 1. The van der Waals surface area contributed by atoms with Crippen molar-refractivity contribution in [3.8, 4) is 0 Å². The molecule has 1 aromatic carbocycles. The predicted octanol–water partition coefficient (Wildman–Crippen LogP) is 0.835. The Bertz CT molecular complexity index is 897. The van der Waals surface area contributed by atoms with Gasteiger partial charge in [-0.25, -0.2) is 4.79 Å². The number of nitrogens with zero attached hydrogens (tertiary/aromatic N) is 2. The number of aromatic nitrogens is 2. The van der Waals surface area contributed by atoms with Crippen LogP contribution in [-0.4, -0.2) is 44.7 Å². The van der Waals surface area contributed by atoms with Gasteiger partial charge in [-0.05, 0) is 24.5 Å². The molecule has 7 nitrogen and oxygen atoms in total. The van der Waals surface area contributed by atoms with E-state index in [9.17, 15) is 19.5 Å². The minimum Gasteiger partial charge on any atom is -0.393 e. The molecule has 1 saturated heterocycles. The first-order valence-corrected chi connectivity index (χ1v) is 8.38. The van der Waals surface area contributed by atoms with Crippen LogP contribution in [0.15, 0.2) is 40.1 Å². The maximum absolute atomic E-state index is 12.7. The van der Waals surface area contributed by atoms with E-state index in [0.29, 0.717) is 36.5 Å². The SMILES string of the molecule is O=C(c1c[nH]c(=O)n(Cc2ccccc2Cl)c1=O)N1CCC(O)CC1. The average molecular weight is 364 g/mol. The van der Waals surface area contributed by atoms with Gasteiger partial charge in [0.1, 0.15) is 5.56 Å². The minimum atomic E-state index is -0.653. The fourth-order valence-electron chi connectivity index (χ4n) is 2.84. The van der Waals surface area contributed by atoms with Crippen molar-refractivity contribution in [2.75, 3.05) is 13.1 Å². The van der Waals surface area contributed by atoms with Crippen molar-refractivity contribution in [2.45, 2.75) is 25.5 Å². The molecule has 8 heteroatoms. The van der Waals surface area contributed by atoms with Crippen molar-refractivity contribution < 1.29 is 9.90 Å². The first kappa shape index (κ1) is 17.4. The number of likely N-dealkylation sites (tertiary alicyclic amines) is 1. The van der Waals surface area contributed by atoms with E-state index in [1.807, 2.05) is 0 Å². The van der Waals surface area contributed by atoms with Crippen molar-refractivity contribution in [3.63, 3.8) is 0 Å². The van der Waals surface area contributed by atoms with Crippen LogP contribution >= 0.6 is 11.6 Å². The van der Waals surface area contributed by atoms with Crippen molar-refractivity contribution in [1.29, 1.82) is 0 Å². The molecule has 1 aliphatic heterocycles. The zero-order chi connectivity index (χ0) is 18.0. The number of aromatic amines is 1. The molecule has 0 aliphatic carbocycles. The van der Waals surface area contributed by atoms with Gasteiger partial charge in [0.15, 0.2) is 0 Å². The fourth-order valence-corrected chi connectivity index (χ4v) is 3.04. The van der Waals surface area contributed by atoms with Gasteiger partial charge in [-0.15, -0.1) is 0 Å². The Morgan fingerprint density at radius 3 is 2.60 bits per heavy atom. The van der Waals surface area contributed by atoms with E-state index in [0.717, 1.165) is 10.8 Å². The molecule has 1 aliphatic rings. The second-order valence-corrected chi connectivity index (χ2v) is 6.42. The largest absolute Gasteiger partial charge is 0.393 e. The van der Waals surface area contributed by atoms with Gasteiger partial charge < -0.3 is 15.0 Å². The lowest BCUT2D eigenvalue weighted by Crippen LogP contribution is -2.45. The smallest absolute Gasteiger partial charge is 0.328 e. The molecule has 1 amide bonds. The molecule has 1 fully saturated rings. The number of H-pyrrole nitrogens is 1. The van der Waals surface area contributed by atoms with Gasteiger partial charge in [0.05, 0.1) is 12.6 Å². The molecule has 132 valence electrons. The Labute approximate surface area is 148 Å². The highest BCUT2D eigenvalue weighted by Gasteiger charge is 2.25. The highest BCUT2D eigenvalue weighted by atomic mass is 35.5. The number of rotatable bonds is 3. The summed E-state index contributed by atoms with van der Waals surface area (Å²) >= 11 is 6.09. The number of aliphatic hydroxyl groups is 1. The van der Waals surface area contributed by atoms with Gasteiger partial charge >= 0.3 is 5.69 Å². The van der Waals surface area contributed by atoms with Crippen molar-refractivity contribution >= 4 is 17.5 Å². The normalized spacial score (nSPS) is 15.4. The van der Waals surface area contributed by atoms with E-state index >= 15 is 0 Å². The molecule has 0 spiro atoms. The van der Waals surface area contributed by atoms with Gasteiger partial charge in [0.2, 0.25) is 0 Å². The number of carbonyl (C=O) groups is 1. The number of hydrogen-bond donors (Lipinski definition) is 2. The second kappa shape index (κ2) is 7.25. The van der Waals surface area contributed by atoms with Crippen molar-refractivity contribution in [2.24, 2.45) is 0 Å². The Kier molecular flexibility index (Phi) is 5.06. The molecular formula is C17H18ClN3O4. The van der Waals surface area contributed by atoms with Gasteiger partial charge in [-0.2, -0.15) is 0 Å². The highest BCUT2D eigenvalue weighted by molar-refractivity contribution is 6.31. The number of amides is 1. The molecule has 0 unspecified atom stereocenters. The van der Waals surface area contributed by atoms with Crippen LogP contribution in [0, 0.1) is 0 Å². The maximum atomic E-state index is 12.7. The van der Waals surface area contributed by atoms with Gasteiger partial charge in [0.25, 0.3) is 11.5 Å². The molecule has 0 saturated carbocycles. The third kappa shape index (κ3) is 3.67. The number of hydrogen-bond acceptors (Lipinski definition) is 4. The number of piperidine rings is 1. The Balaban J connectivity index is 1.92. The lowest BCUT2D eigenvalue weighted by atomic mass is 10.1. The second-order valence-electron chi connectivity index (χ2n) is 6.01. The maximum Gasteiger partial charge on any atom is 0.328 e. The molecule has 3 rings (SSSR count). The van der Waals surface area contributed by atoms with Crippen LogP contribution in [0.25, 0.3) is 0 Å². The average Bonchev–Trinajstić information content (AvgIpc) is 2.60. The Morgan fingerprint density at radius 2 is 1.92 bits per heavy atom. The van der Waals surface area contributed by atoms with Crippen LogP contribution in [0.1, 0.15) is 28.8 Å². The molecule has 0 radical (unpaired) electrons. The first-order chi connectivity index (χ1) is 12.0. The van der Waals surface area contributed by atoms with E-state index in [1.54, 1.807) is 24.3 Å². The summed E-state index contributed by atoms with van der Waals surface area (Å²) in [6.07, 6.45) is 1.68. The molecule has 1 aromatic heterocycles. The molecule has 25 heavy (non-hydrogen) atoms. The van der Waals surface area contributed by atoms with E-state index in [4.69, 9.17) is 11.6 Å². The van der Waals surface area contributed by atoms with E-state index in [2.05, 4.69) is 4.98 Å². The molecule has 2 heterocycles. The number of benzene rings is 1. The van der Waals surface area contributed by atoms with Crippen LogP contribution in [0.4, 0.5) is 0 Å².